The lowest BCUT2D eigenvalue weighted by molar-refractivity contribution is -0.385. The van der Waals surface area contributed by atoms with Crippen molar-refractivity contribution >= 4 is 27.4 Å². The largest absolute Gasteiger partial charge is 0.363 e. The number of nitrogens with one attached hydrogen (secondary N) is 1. The molecule has 0 aliphatic rings. The molecular formula is C13H12BrN3O2. The van der Waals surface area contributed by atoms with Crippen molar-refractivity contribution in [2.75, 3.05) is 5.32 Å². The first kappa shape index (κ1) is 13.5. The van der Waals surface area contributed by atoms with E-state index in [9.17, 15) is 10.1 Å². The molecule has 1 atom stereocenters. The Morgan fingerprint density at radius 3 is 2.63 bits per heavy atom. The van der Waals surface area contributed by atoms with E-state index in [1.54, 1.807) is 0 Å². The van der Waals surface area contributed by atoms with Gasteiger partial charge in [-0.1, -0.05) is 30.3 Å². The summed E-state index contributed by atoms with van der Waals surface area (Å²) in [6.45, 7) is 2.00. The fraction of sp³-hybridized carbons (Fsp3) is 0.154. The van der Waals surface area contributed by atoms with Crippen LogP contribution < -0.4 is 5.32 Å². The highest BCUT2D eigenvalue weighted by atomic mass is 79.9. The van der Waals surface area contributed by atoms with E-state index in [1.807, 2.05) is 37.3 Å². The molecule has 0 amide bonds. The summed E-state index contributed by atoms with van der Waals surface area (Å²) in [5, 5.41) is 13.8. The fourth-order valence-electron chi connectivity index (χ4n) is 1.66. The molecule has 2 rings (SSSR count). The van der Waals surface area contributed by atoms with Gasteiger partial charge in [-0.25, -0.2) is 4.98 Å². The first-order valence-corrected chi connectivity index (χ1v) is 6.48. The number of nitrogens with zero attached hydrogens (tertiary/aromatic N) is 2. The van der Waals surface area contributed by atoms with Crippen LogP contribution in [0.4, 0.5) is 11.5 Å². The quantitative estimate of drug-likeness (QED) is 0.684. The second-order valence-corrected chi connectivity index (χ2v) is 4.91. The van der Waals surface area contributed by atoms with Gasteiger partial charge in [0.1, 0.15) is 12.0 Å². The summed E-state index contributed by atoms with van der Waals surface area (Å²) in [5.74, 6) is 0.585. The molecule has 2 aromatic rings. The Balaban J connectivity index is 2.18. The minimum absolute atomic E-state index is 0.0372. The molecule has 0 radical (unpaired) electrons. The maximum absolute atomic E-state index is 10.6. The standard InChI is InChI=1S/C13H12BrN3O2/c1-9(10-5-3-2-4-6-10)16-13-12(14)7-11(8-15-13)17(18)19/h2-9H,1H3,(H,15,16). The molecule has 0 bridgehead atoms. The van der Waals surface area contributed by atoms with Gasteiger partial charge >= 0.3 is 0 Å². The normalized spacial score (nSPS) is 11.9. The van der Waals surface area contributed by atoms with Crippen molar-refractivity contribution in [3.63, 3.8) is 0 Å². The average molecular weight is 322 g/mol. The predicted octanol–water partition coefficient (Wildman–Crippen LogP) is 3.93. The van der Waals surface area contributed by atoms with Gasteiger partial charge in [0.05, 0.1) is 9.40 Å². The number of nitro groups is 1. The first-order valence-electron chi connectivity index (χ1n) is 5.69. The topological polar surface area (TPSA) is 68.1 Å². The van der Waals surface area contributed by atoms with Crippen molar-refractivity contribution in [2.24, 2.45) is 0 Å². The molecule has 1 aromatic carbocycles. The summed E-state index contributed by atoms with van der Waals surface area (Å²) < 4.78 is 0.574. The molecular weight excluding hydrogens is 310 g/mol. The molecule has 0 saturated carbocycles. The van der Waals surface area contributed by atoms with Gasteiger partial charge < -0.3 is 5.32 Å². The van der Waals surface area contributed by atoms with E-state index in [4.69, 9.17) is 0 Å². The van der Waals surface area contributed by atoms with Gasteiger partial charge in [0.15, 0.2) is 0 Å². The SMILES string of the molecule is CC(Nc1ncc([N+](=O)[O-])cc1Br)c1ccccc1. The van der Waals surface area contributed by atoms with Gasteiger partial charge in [-0.3, -0.25) is 10.1 Å². The van der Waals surface area contributed by atoms with Crippen LogP contribution in [0, 0.1) is 10.1 Å². The highest BCUT2D eigenvalue weighted by molar-refractivity contribution is 9.10. The van der Waals surface area contributed by atoms with Gasteiger partial charge in [-0.2, -0.15) is 0 Å². The van der Waals surface area contributed by atoms with Gasteiger partial charge in [0, 0.05) is 12.1 Å². The minimum Gasteiger partial charge on any atom is -0.363 e. The van der Waals surface area contributed by atoms with Crippen LogP contribution in [0.3, 0.4) is 0 Å². The van der Waals surface area contributed by atoms with Crippen LogP contribution in [0.25, 0.3) is 0 Å². The molecule has 5 nitrogen and oxygen atoms in total. The smallest absolute Gasteiger partial charge is 0.288 e. The lowest BCUT2D eigenvalue weighted by Crippen LogP contribution is -2.08. The van der Waals surface area contributed by atoms with E-state index in [1.165, 1.54) is 12.3 Å². The second kappa shape index (κ2) is 5.79. The van der Waals surface area contributed by atoms with Crippen molar-refractivity contribution in [3.8, 4) is 0 Å². The molecule has 1 aromatic heterocycles. The molecule has 6 heteroatoms. The number of pyridine rings is 1. The monoisotopic (exact) mass is 321 g/mol. The van der Waals surface area contributed by atoms with E-state index < -0.39 is 4.92 Å². The van der Waals surface area contributed by atoms with Crippen LogP contribution in [0.1, 0.15) is 18.5 Å². The number of rotatable bonds is 4. The van der Waals surface area contributed by atoms with Gasteiger partial charge in [-0.05, 0) is 28.4 Å². The Hall–Kier alpha value is -1.95. The maximum Gasteiger partial charge on any atom is 0.288 e. The van der Waals surface area contributed by atoms with Crippen LogP contribution in [0.5, 0.6) is 0 Å². The number of aromatic nitrogens is 1. The predicted molar refractivity (Wildman–Crippen MR) is 77.1 cm³/mol. The summed E-state index contributed by atoms with van der Waals surface area (Å²) in [6.07, 6.45) is 1.24. The molecule has 0 spiro atoms. The number of hydrogen-bond donors (Lipinski definition) is 1. The lowest BCUT2D eigenvalue weighted by atomic mass is 10.1. The van der Waals surface area contributed by atoms with Crippen molar-refractivity contribution in [2.45, 2.75) is 13.0 Å². The zero-order valence-corrected chi connectivity index (χ0v) is 11.8. The van der Waals surface area contributed by atoms with Crippen molar-refractivity contribution in [1.29, 1.82) is 0 Å². The highest BCUT2D eigenvalue weighted by Crippen LogP contribution is 2.27. The van der Waals surface area contributed by atoms with E-state index in [0.29, 0.717) is 10.3 Å². The Kier molecular flexibility index (Phi) is 4.11. The molecule has 98 valence electrons. The minimum atomic E-state index is -0.470. The number of benzene rings is 1. The molecule has 1 unspecified atom stereocenters. The van der Waals surface area contributed by atoms with E-state index in [2.05, 4.69) is 26.2 Å². The third-order valence-corrected chi connectivity index (χ3v) is 3.29. The first-order chi connectivity index (χ1) is 9.08. The zero-order chi connectivity index (χ0) is 13.8. The molecule has 1 heterocycles. The lowest BCUT2D eigenvalue weighted by Gasteiger charge is -2.15. The average Bonchev–Trinajstić information content (AvgIpc) is 2.41. The summed E-state index contributed by atoms with van der Waals surface area (Å²) in [7, 11) is 0. The van der Waals surface area contributed by atoms with Gasteiger partial charge in [-0.15, -0.1) is 0 Å². The van der Waals surface area contributed by atoms with Gasteiger partial charge in [0.25, 0.3) is 5.69 Å². The third-order valence-electron chi connectivity index (χ3n) is 2.69. The van der Waals surface area contributed by atoms with Crippen LogP contribution >= 0.6 is 15.9 Å². The fourth-order valence-corrected chi connectivity index (χ4v) is 2.12. The maximum atomic E-state index is 10.6. The van der Waals surface area contributed by atoms with Crippen LogP contribution in [0.2, 0.25) is 0 Å². The molecule has 0 saturated heterocycles. The van der Waals surface area contributed by atoms with Crippen LogP contribution in [-0.2, 0) is 0 Å². The Morgan fingerprint density at radius 1 is 1.37 bits per heavy atom. The van der Waals surface area contributed by atoms with E-state index in [0.717, 1.165) is 5.56 Å². The van der Waals surface area contributed by atoms with Crippen LogP contribution in [0.15, 0.2) is 47.1 Å². The van der Waals surface area contributed by atoms with Crippen LogP contribution in [-0.4, -0.2) is 9.91 Å². The highest BCUT2D eigenvalue weighted by Gasteiger charge is 2.12. The summed E-state index contributed by atoms with van der Waals surface area (Å²) in [4.78, 5) is 14.2. The Morgan fingerprint density at radius 2 is 2.05 bits per heavy atom. The zero-order valence-electron chi connectivity index (χ0n) is 10.2. The number of hydrogen-bond acceptors (Lipinski definition) is 4. The van der Waals surface area contributed by atoms with Crippen molar-refractivity contribution in [1.82, 2.24) is 4.98 Å². The molecule has 0 aliphatic carbocycles. The van der Waals surface area contributed by atoms with E-state index >= 15 is 0 Å². The van der Waals surface area contributed by atoms with Gasteiger partial charge in [0.2, 0.25) is 0 Å². The third kappa shape index (κ3) is 3.29. The molecule has 0 fully saturated rings. The second-order valence-electron chi connectivity index (χ2n) is 4.06. The van der Waals surface area contributed by atoms with Crippen molar-refractivity contribution < 1.29 is 4.92 Å². The molecule has 0 aliphatic heterocycles. The number of anilines is 1. The number of halogens is 1. The van der Waals surface area contributed by atoms with Crippen molar-refractivity contribution in [3.05, 3.63) is 62.7 Å². The Labute approximate surface area is 119 Å². The summed E-state index contributed by atoms with van der Waals surface area (Å²) in [5.41, 5.74) is 1.08. The summed E-state index contributed by atoms with van der Waals surface area (Å²) in [6, 6.07) is 11.4. The summed E-state index contributed by atoms with van der Waals surface area (Å²) >= 11 is 3.29. The Bertz CT molecular complexity index is 590. The molecule has 1 N–H and O–H groups in total. The molecule has 19 heavy (non-hydrogen) atoms. The van der Waals surface area contributed by atoms with E-state index in [-0.39, 0.29) is 11.7 Å².